The molecule has 0 aromatic heterocycles. The minimum atomic E-state index is -3.67. The average Bonchev–Trinajstić information content (AvgIpc) is 2.42. The number of nitrogens with zero attached hydrogens (tertiary/aromatic N) is 1. The molecule has 1 aromatic carbocycles. The normalized spacial score (nSPS) is 13.0. The van der Waals surface area contributed by atoms with Gasteiger partial charge in [-0.15, -0.1) is 0 Å². The zero-order chi connectivity index (χ0) is 15.3. The molecule has 0 radical (unpaired) electrons. The van der Waals surface area contributed by atoms with Crippen molar-refractivity contribution in [2.75, 3.05) is 20.1 Å². The molecule has 0 aliphatic heterocycles. The summed E-state index contributed by atoms with van der Waals surface area (Å²) in [5.41, 5.74) is 0.893. The molecule has 1 atom stereocenters. The van der Waals surface area contributed by atoms with Gasteiger partial charge in [-0.05, 0) is 31.5 Å². The Kier molecular flexibility index (Phi) is 5.67. The molecule has 0 saturated heterocycles. The number of nitrogens with one attached hydrogen (secondary N) is 1. The molecular weight excluding hydrogens is 278 g/mol. The van der Waals surface area contributed by atoms with Crippen LogP contribution < -0.4 is 10.5 Å². The molecule has 3 N–H and O–H groups in total. The number of carbonyl (C=O) groups excluding carboxylic acids is 1. The van der Waals surface area contributed by atoms with E-state index in [1.54, 1.807) is 24.1 Å². The van der Waals surface area contributed by atoms with Crippen molar-refractivity contribution in [3.63, 3.8) is 0 Å². The molecule has 1 rings (SSSR count). The van der Waals surface area contributed by atoms with Crippen molar-refractivity contribution in [2.24, 2.45) is 5.14 Å². The van der Waals surface area contributed by atoms with E-state index in [0.29, 0.717) is 6.54 Å². The van der Waals surface area contributed by atoms with Crippen LogP contribution in [0.4, 0.5) is 0 Å². The predicted octanol–water partition coefficient (Wildman–Crippen LogP) is 0.463. The largest absolute Gasteiger partial charge is 0.345 e. The van der Waals surface area contributed by atoms with Crippen LogP contribution >= 0.6 is 0 Å². The van der Waals surface area contributed by atoms with Gasteiger partial charge in [-0.2, -0.15) is 0 Å². The number of benzene rings is 1. The number of rotatable bonds is 6. The topological polar surface area (TPSA) is 92.5 Å². The van der Waals surface area contributed by atoms with Crippen LogP contribution in [0, 0.1) is 0 Å². The summed E-state index contributed by atoms with van der Waals surface area (Å²) in [6.45, 7) is 4.72. The van der Waals surface area contributed by atoms with Gasteiger partial charge in [0.15, 0.2) is 0 Å². The molecule has 112 valence electrons. The first-order valence-corrected chi connectivity index (χ1v) is 7.90. The predicted molar refractivity (Wildman–Crippen MR) is 77.5 cm³/mol. The van der Waals surface area contributed by atoms with Crippen LogP contribution in [0.1, 0.15) is 25.5 Å². The fourth-order valence-corrected chi connectivity index (χ4v) is 2.13. The maximum Gasteiger partial charge on any atom is 0.238 e. The molecule has 1 amide bonds. The Bertz CT molecular complexity index is 555. The Hall–Kier alpha value is -1.44. The van der Waals surface area contributed by atoms with Crippen LogP contribution in [-0.4, -0.2) is 39.4 Å². The summed E-state index contributed by atoms with van der Waals surface area (Å²) < 4.78 is 22.3. The van der Waals surface area contributed by atoms with E-state index in [0.717, 1.165) is 5.56 Å². The zero-order valence-corrected chi connectivity index (χ0v) is 12.8. The van der Waals surface area contributed by atoms with Crippen molar-refractivity contribution in [2.45, 2.75) is 24.8 Å². The molecule has 0 aliphatic carbocycles. The smallest absolute Gasteiger partial charge is 0.238 e. The highest BCUT2D eigenvalue weighted by molar-refractivity contribution is 7.89. The minimum absolute atomic E-state index is 0.0144. The fraction of sp³-hybridized carbons (Fsp3) is 0.462. The molecule has 7 heteroatoms. The van der Waals surface area contributed by atoms with Gasteiger partial charge in [0.2, 0.25) is 15.9 Å². The highest BCUT2D eigenvalue weighted by atomic mass is 32.2. The lowest BCUT2D eigenvalue weighted by molar-refractivity contribution is -0.128. The number of hydrogen-bond acceptors (Lipinski definition) is 4. The number of primary sulfonamides is 1. The maximum atomic E-state index is 11.7. The Morgan fingerprint density at radius 3 is 2.35 bits per heavy atom. The van der Waals surface area contributed by atoms with E-state index in [9.17, 15) is 13.2 Å². The summed E-state index contributed by atoms with van der Waals surface area (Å²) in [6, 6.07) is 6.24. The van der Waals surface area contributed by atoms with Crippen molar-refractivity contribution in [3.05, 3.63) is 29.8 Å². The molecule has 0 heterocycles. The summed E-state index contributed by atoms with van der Waals surface area (Å²) in [5, 5.41) is 8.14. The molecule has 0 saturated carbocycles. The lowest BCUT2D eigenvalue weighted by Crippen LogP contribution is -2.36. The van der Waals surface area contributed by atoms with Crippen molar-refractivity contribution in [1.29, 1.82) is 0 Å². The van der Waals surface area contributed by atoms with Gasteiger partial charge >= 0.3 is 0 Å². The van der Waals surface area contributed by atoms with Crippen LogP contribution in [0.3, 0.4) is 0 Å². The molecule has 0 aliphatic rings. The second kappa shape index (κ2) is 6.83. The van der Waals surface area contributed by atoms with E-state index in [1.165, 1.54) is 12.1 Å². The number of sulfonamides is 1. The van der Waals surface area contributed by atoms with Gasteiger partial charge in [0.25, 0.3) is 0 Å². The Labute approximate surface area is 120 Å². The number of carbonyl (C=O) groups is 1. The number of nitrogens with two attached hydrogens (primary N) is 1. The maximum absolute atomic E-state index is 11.7. The first kappa shape index (κ1) is 16.6. The second-order valence-corrected chi connectivity index (χ2v) is 6.19. The van der Waals surface area contributed by atoms with E-state index in [-0.39, 0.29) is 23.4 Å². The van der Waals surface area contributed by atoms with Gasteiger partial charge in [0.1, 0.15) is 0 Å². The SMILES string of the molecule is CCN(C)C(=O)CNC(C)c1ccc(S(N)(=O)=O)cc1. The Morgan fingerprint density at radius 2 is 1.90 bits per heavy atom. The van der Waals surface area contributed by atoms with E-state index in [4.69, 9.17) is 5.14 Å². The van der Waals surface area contributed by atoms with E-state index < -0.39 is 10.0 Å². The monoisotopic (exact) mass is 299 g/mol. The molecule has 6 nitrogen and oxygen atoms in total. The average molecular weight is 299 g/mol. The van der Waals surface area contributed by atoms with Gasteiger partial charge < -0.3 is 10.2 Å². The van der Waals surface area contributed by atoms with Gasteiger partial charge in [-0.25, -0.2) is 13.6 Å². The third-order valence-corrected chi connectivity index (χ3v) is 4.10. The summed E-state index contributed by atoms with van der Waals surface area (Å²) in [4.78, 5) is 13.4. The van der Waals surface area contributed by atoms with Crippen molar-refractivity contribution in [1.82, 2.24) is 10.2 Å². The van der Waals surface area contributed by atoms with Gasteiger partial charge in [-0.1, -0.05) is 12.1 Å². The second-order valence-electron chi connectivity index (χ2n) is 4.62. The van der Waals surface area contributed by atoms with Crippen LogP contribution in [0.25, 0.3) is 0 Å². The Morgan fingerprint density at radius 1 is 1.35 bits per heavy atom. The van der Waals surface area contributed by atoms with Crippen molar-refractivity contribution >= 4 is 15.9 Å². The van der Waals surface area contributed by atoms with Crippen LogP contribution in [-0.2, 0) is 14.8 Å². The number of hydrogen-bond donors (Lipinski definition) is 2. The van der Waals surface area contributed by atoms with Crippen LogP contribution in [0.2, 0.25) is 0 Å². The Balaban J connectivity index is 2.65. The first-order chi connectivity index (χ1) is 9.25. The van der Waals surface area contributed by atoms with E-state index in [2.05, 4.69) is 5.32 Å². The van der Waals surface area contributed by atoms with Crippen molar-refractivity contribution in [3.8, 4) is 0 Å². The summed E-state index contributed by atoms with van der Waals surface area (Å²) in [5.74, 6) is 0.0144. The molecule has 20 heavy (non-hydrogen) atoms. The summed E-state index contributed by atoms with van der Waals surface area (Å²) >= 11 is 0. The standard InChI is InChI=1S/C13H21N3O3S/c1-4-16(3)13(17)9-15-10(2)11-5-7-12(8-6-11)20(14,18)19/h5-8,10,15H,4,9H2,1-3H3,(H2,14,18,19). The van der Waals surface area contributed by atoms with Crippen LogP contribution in [0.5, 0.6) is 0 Å². The lowest BCUT2D eigenvalue weighted by atomic mass is 10.1. The molecule has 0 spiro atoms. The zero-order valence-electron chi connectivity index (χ0n) is 12.0. The molecule has 0 bridgehead atoms. The third-order valence-electron chi connectivity index (χ3n) is 3.17. The van der Waals surface area contributed by atoms with E-state index >= 15 is 0 Å². The first-order valence-electron chi connectivity index (χ1n) is 6.35. The molecule has 0 fully saturated rings. The molecular formula is C13H21N3O3S. The molecule has 1 unspecified atom stereocenters. The summed E-state index contributed by atoms with van der Waals surface area (Å²) in [6.07, 6.45) is 0. The van der Waals surface area contributed by atoms with Gasteiger partial charge in [0.05, 0.1) is 11.4 Å². The highest BCUT2D eigenvalue weighted by Gasteiger charge is 2.12. The van der Waals surface area contributed by atoms with E-state index in [1.807, 2.05) is 13.8 Å². The van der Waals surface area contributed by atoms with Crippen LogP contribution in [0.15, 0.2) is 29.2 Å². The number of amides is 1. The van der Waals surface area contributed by atoms with Crippen molar-refractivity contribution < 1.29 is 13.2 Å². The highest BCUT2D eigenvalue weighted by Crippen LogP contribution is 2.15. The fourth-order valence-electron chi connectivity index (χ4n) is 1.62. The third kappa shape index (κ3) is 4.59. The lowest BCUT2D eigenvalue weighted by Gasteiger charge is -2.18. The minimum Gasteiger partial charge on any atom is -0.345 e. The van der Waals surface area contributed by atoms with Gasteiger partial charge in [-0.3, -0.25) is 4.79 Å². The number of likely N-dealkylation sites (N-methyl/N-ethyl adjacent to an activating group) is 1. The quantitative estimate of drug-likeness (QED) is 0.798. The van der Waals surface area contributed by atoms with Gasteiger partial charge in [0, 0.05) is 19.6 Å². The molecule has 1 aromatic rings. The summed E-state index contributed by atoms with van der Waals surface area (Å²) in [7, 11) is -1.92.